The molecule has 0 bridgehead atoms. The normalized spacial score (nSPS) is 18.3. The molecule has 3 heteroatoms. The van der Waals surface area contributed by atoms with Gasteiger partial charge in [0.2, 0.25) is 0 Å². The van der Waals surface area contributed by atoms with Gasteiger partial charge < -0.3 is 9.47 Å². The van der Waals surface area contributed by atoms with E-state index in [1.807, 2.05) is 25.1 Å². The highest BCUT2D eigenvalue weighted by Crippen LogP contribution is 2.22. The average molecular weight is 248 g/mol. The second-order valence-corrected chi connectivity index (χ2v) is 4.82. The minimum absolute atomic E-state index is 0.135. The van der Waals surface area contributed by atoms with E-state index in [1.54, 1.807) is 0 Å². The lowest BCUT2D eigenvalue weighted by molar-refractivity contribution is -0.00894. The molecule has 1 heterocycles. The van der Waals surface area contributed by atoms with E-state index in [-0.39, 0.29) is 12.1 Å². The van der Waals surface area contributed by atoms with Crippen LogP contribution in [0.5, 0.6) is 0 Å². The third kappa shape index (κ3) is 3.10. The summed E-state index contributed by atoms with van der Waals surface area (Å²) >= 11 is 0. The smallest absolute Gasteiger partial charge is 0.338 e. The molecule has 18 heavy (non-hydrogen) atoms. The number of fused-ring (bicyclic) bond motifs is 1. The van der Waals surface area contributed by atoms with Gasteiger partial charge in [-0.3, -0.25) is 0 Å². The quantitative estimate of drug-likeness (QED) is 0.593. The molecular weight excluding hydrogens is 228 g/mol. The third-order valence-corrected chi connectivity index (χ3v) is 3.15. The summed E-state index contributed by atoms with van der Waals surface area (Å²) in [5.74, 6) is -0.218. The van der Waals surface area contributed by atoms with Crippen LogP contribution in [0.2, 0.25) is 0 Å². The molecule has 0 saturated carbocycles. The highest BCUT2D eigenvalue weighted by molar-refractivity contribution is 5.92. The summed E-state index contributed by atoms with van der Waals surface area (Å²) in [6.45, 7) is 5.35. The standard InChI is InChI=1S/C15H20O3/c1-3-4-7-17-10-13-9-12-6-5-11(2)8-14(12)15(16)18-13/h5-6,8,13H,3-4,7,9-10H2,1-2H3. The first kappa shape index (κ1) is 13.1. The molecule has 0 spiro atoms. The van der Waals surface area contributed by atoms with Gasteiger partial charge >= 0.3 is 5.97 Å². The fourth-order valence-corrected chi connectivity index (χ4v) is 2.11. The highest BCUT2D eigenvalue weighted by Gasteiger charge is 2.26. The number of esters is 1. The SMILES string of the molecule is CCCCOCC1Cc2ccc(C)cc2C(=O)O1. The zero-order valence-corrected chi connectivity index (χ0v) is 11.1. The number of aryl methyl sites for hydroxylation is 1. The maximum Gasteiger partial charge on any atom is 0.338 e. The van der Waals surface area contributed by atoms with Crippen molar-refractivity contribution in [1.82, 2.24) is 0 Å². The van der Waals surface area contributed by atoms with Crippen molar-refractivity contribution in [3.05, 3.63) is 34.9 Å². The molecule has 1 aliphatic rings. The lowest BCUT2D eigenvalue weighted by atomic mass is 9.97. The van der Waals surface area contributed by atoms with Crippen LogP contribution in [-0.2, 0) is 15.9 Å². The fraction of sp³-hybridized carbons (Fsp3) is 0.533. The number of hydrogen-bond donors (Lipinski definition) is 0. The van der Waals surface area contributed by atoms with E-state index in [2.05, 4.69) is 6.92 Å². The fourth-order valence-electron chi connectivity index (χ4n) is 2.11. The Hall–Kier alpha value is -1.35. The molecule has 1 aromatic rings. The van der Waals surface area contributed by atoms with E-state index < -0.39 is 0 Å². The third-order valence-electron chi connectivity index (χ3n) is 3.15. The summed E-state index contributed by atoms with van der Waals surface area (Å²) < 4.78 is 10.9. The summed E-state index contributed by atoms with van der Waals surface area (Å²) in [6, 6.07) is 5.95. The van der Waals surface area contributed by atoms with Gasteiger partial charge in [-0.05, 0) is 25.0 Å². The van der Waals surface area contributed by atoms with Crippen LogP contribution in [0.4, 0.5) is 0 Å². The van der Waals surface area contributed by atoms with Crippen LogP contribution in [0.25, 0.3) is 0 Å². The summed E-state index contributed by atoms with van der Waals surface area (Å²) in [5.41, 5.74) is 2.86. The molecule has 0 saturated heterocycles. The van der Waals surface area contributed by atoms with Crippen LogP contribution >= 0.6 is 0 Å². The Morgan fingerprint density at radius 3 is 3.06 bits per heavy atom. The topological polar surface area (TPSA) is 35.5 Å². The molecular formula is C15H20O3. The number of carbonyl (C=O) groups excluding carboxylic acids is 1. The Bertz CT molecular complexity index is 426. The van der Waals surface area contributed by atoms with Crippen molar-refractivity contribution in [3.8, 4) is 0 Å². The largest absolute Gasteiger partial charge is 0.456 e. The number of hydrogen-bond acceptors (Lipinski definition) is 3. The molecule has 1 aliphatic heterocycles. The van der Waals surface area contributed by atoms with Gasteiger partial charge in [0.15, 0.2) is 0 Å². The molecule has 2 rings (SSSR count). The van der Waals surface area contributed by atoms with Crippen molar-refractivity contribution in [2.75, 3.05) is 13.2 Å². The zero-order chi connectivity index (χ0) is 13.0. The van der Waals surface area contributed by atoms with E-state index in [0.717, 1.165) is 37.0 Å². The van der Waals surface area contributed by atoms with Crippen LogP contribution in [0, 0.1) is 6.92 Å². The van der Waals surface area contributed by atoms with Gasteiger partial charge in [-0.25, -0.2) is 4.79 Å². The molecule has 0 amide bonds. The maximum absolute atomic E-state index is 11.9. The first-order valence-electron chi connectivity index (χ1n) is 6.59. The van der Waals surface area contributed by atoms with E-state index in [0.29, 0.717) is 12.2 Å². The van der Waals surface area contributed by atoms with Gasteiger partial charge in [0.05, 0.1) is 12.2 Å². The number of carbonyl (C=O) groups is 1. The molecule has 1 aromatic carbocycles. The van der Waals surface area contributed by atoms with Gasteiger partial charge in [-0.2, -0.15) is 0 Å². The lowest BCUT2D eigenvalue weighted by Crippen LogP contribution is -2.31. The van der Waals surface area contributed by atoms with E-state index in [9.17, 15) is 4.79 Å². The summed E-state index contributed by atoms with van der Waals surface area (Å²) in [7, 11) is 0. The zero-order valence-electron chi connectivity index (χ0n) is 11.1. The van der Waals surface area contributed by atoms with Crippen molar-refractivity contribution >= 4 is 5.97 Å². The van der Waals surface area contributed by atoms with Crippen LogP contribution in [-0.4, -0.2) is 25.3 Å². The van der Waals surface area contributed by atoms with Gasteiger partial charge in [0, 0.05) is 13.0 Å². The number of unbranched alkanes of at least 4 members (excludes halogenated alkanes) is 1. The predicted octanol–water partition coefficient (Wildman–Crippen LogP) is 2.89. The molecule has 98 valence electrons. The number of benzene rings is 1. The van der Waals surface area contributed by atoms with E-state index in [4.69, 9.17) is 9.47 Å². The van der Waals surface area contributed by atoms with E-state index in [1.165, 1.54) is 0 Å². The summed E-state index contributed by atoms with van der Waals surface area (Å²) in [5, 5.41) is 0. The Morgan fingerprint density at radius 2 is 2.28 bits per heavy atom. The number of ether oxygens (including phenoxy) is 2. The monoisotopic (exact) mass is 248 g/mol. The van der Waals surface area contributed by atoms with Crippen LogP contribution in [0.1, 0.15) is 41.3 Å². The molecule has 0 aliphatic carbocycles. The minimum atomic E-state index is -0.218. The van der Waals surface area contributed by atoms with Gasteiger partial charge in [0.1, 0.15) is 6.10 Å². The molecule has 1 atom stereocenters. The van der Waals surface area contributed by atoms with Crippen LogP contribution in [0.15, 0.2) is 18.2 Å². The minimum Gasteiger partial charge on any atom is -0.456 e. The van der Waals surface area contributed by atoms with Crippen molar-refractivity contribution in [2.45, 2.75) is 39.2 Å². The Labute approximate surface area is 108 Å². The summed E-state index contributed by atoms with van der Waals surface area (Å²) in [4.78, 5) is 11.9. The van der Waals surface area contributed by atoms with Gasteiger partial charge in [-0.1, -0.05) is 31.0 Å². The first-order chi connectivity index (χ1) is 8.70. The maximum atomic E-state index is 11.9. The van der Waals surface area contributed by atoms with Crippen LogP contribution < -0.4 is 0 Å². The van der Waals surface area contributed by atoms with Crippen molar-refractivity contribution in [1.29, 1.82) is 0 Å². The average Bonchev–Trinajstić information content (AvgIpc) is 2.36. The molecule has 0 aromatic heterocycles. The van der Waals surface area contributed by atoms with Crippen LogP contribution in [0.3, 0.4) is 0 Å². The Kier molecular flexibility index (Phi) is 4.37. The molecule has 0 fully saturated rings. The summed E-state index contributed by atoms with van der Waals surface area (Å²) in [6.07, 6.45) is 2.79. The second-order valence-electron chi connectivity index (χ2n) is 4.82. The van der Waals surface area contributed by atoms with Crippen molar-refractivity contribution in [3.63, 3.8) is 0 Å². The predicted molar refractivity (Wildman–Crippen MR) is 69.8 cm³/mol. The van der Waals surface area contributed by atoms with Gasteiger partial charge in [-0.15, -0.1) is 0 Å². The number of rotatable bonds is 5. The number of cyclic esters (lactones) is 1. The Balaban J connectivity index is 1.96. The van der Waals surface area contributed by atoms with Gasteiger partial charge in [0.25, 0.3) is 0 Å². The molecule has 0 radical (unpaired) electrons. The molecule has 1 unspecified atom stereocenters. The van der Waals surface area contributed by atoms with E-state index >= 15 is 0 Å². The van der Waals surface area contributed by atoms with Crippen molar-refractivity contribution < 1.29 is 14.3 Å². The Morgan fingerprint density at radius 1 is 1.44 bits per heavy atom. The molecule has 3 nitrogen and oxygen atoms in total. The molecule has 0 N–H and O–H groups in total. The first-order valence-corrected chi connectivity index (χ1v) is 6.59. The lowest BCUT2D eigenvalue weighted by Gasteiger charge is -2.24. The highest BCUT2D eigenvalue weighted by atomic mass is 16.6. The van der Waals surface area contributed by atoms with Crippen molar-refractivity contribution in [2.24, 2.45) is 0 Å². The second kappa shape index (κ2) is 6.01.